The number of amides is 2. The molecule has 0 atom stereocenters. The van der Waals surface area contributed by atoms with Gasteiger partial charge in [0.25, 0.3) is 11.8 Å². The molecule has 0 aliphatic carbocycles. The zero-order chi connectivity index (χ0) is 34.1. The molecule has 0 radical (unpaired) electrons. The minimum atomic E-state index is -6.40. The molecule has 3 rings (SSSR count). The van der Waals surface area contributed by atoms with Gasteiger partial charge in [-0.2, -0.15) is 31.6 Å². The van der Waals surface area contributed by atoms with E-state index < -0.39 is 77.2 Å². The van der Waals surface area contributed by atoms with E-state index in [1.165, 1.54) is 18.2 Å². The number of nitrogens with zero attached hydrogens (tertiary/aromatic N) is 1. The van der Waals surface area contributed by atoms with Crippen molar-refractivity contribution in [2.75, 3.05) is 17.6 Å². The van der Waals surface area contributed by atoms with Gasteiger partial charge in [-0.25, -0.2) is 22.3 Å². The smallest absolute Gasteiger partial charge is 0.351 e. The molecular weight excluding hydrogens is 776 g/mol. The van der Waals surface area contributed by atoms with Gasteiger partial charge in [0.1, 0.15) is 5.82 Å². The van der Waals surface area contributed by atoms with Crippen LogP contribution in [0.15, 0.2) is 57.5 Å². The van der Waals surface area contributed by atoms with Crippen molar-refractivity contribution in [2.45, 2.75) is 18.0 Å². The Morgan fingerprint density at radius 3 is 1.98 bits per heavy atom. The molecule has 0 aliphatic heterocycles. The standard InChI is InChI=1S/C26H16Br2F8N4O4S/c27-18-9-14(24(30,25(31,32)33)26(34,35)36)10-19(28)21(18)40-23(42)16-3-1-2-15(20(16)29)17-8-12(4-5-13(17)11-37)22(41)39-6-7-45(38,43)44/h1-5,8-10H,6-7H2,(H,39,41)(H,40,42)(H2,38,43,44). The maximum absolute atomic E-state index is 15.7. The van der Waals surface area contributed by atoms with E-state index in [2.05, 4.69) is 42.5 Å². The maximum Gasteiger partial charge on any atom is 0.435 e. The number of halogens is 10. The van der Waals surface area contributed by atoms with E-state index in [9.17, 15) is 54.0 Å². The normalized spacial score (nSPS) is 12.4. The summed E-state index contributed by atoms with van der Waals surface area (Å²) < 4.78 is 131. The minimum absolute atomic E-state index is 0.123. The van der Waals surface area contributed by atoms with E-state index >= 15 is 4.39 Å². The first-order chi connectivity index (χ1) is 20.6. The topological polar surface area (TPSA) is 142 Å². The van der Waals surface area contributed by atoms with Crippen LogP contribution in [0.25, 0.3) is 11.1 Å². The first-order valence-electron chi connectivity index (χ1n) is 11.9. The zero-order valence-electron chi connectivity index (χ0n) is 21.9. The van der Waals surface area contributed by atoms with Gasteiger partial charge in [0, 0.05) is 37.7 Å². The van der Waals surface area contributed by atoms with Gasteiger partial charge in [-0.15, -0.1) is 0 Å². The van der Waals surface area contributed by atoms with Crippen molar-refractivity contribution in [3.05, 3.63) is 85.5 Å². The number of hydrogen-bond acceptors (Lipinski definition) is 5. The number of benzene rings is 3. The molecule has 0 spiro atoms. The number of anilines is 1. The quantitative estimate of drug-likeness (QED) is 0.225. The summed E-state index contributed by atoms with van der Waals surface area (Å²) in [7, 11) is -3.89. The molecule has 45 heavy (non-hydrogen) atoms. The SMILES string of the molecule is N#Cc1ccc(C(=O)NCCS(N)(=O)=O)cc1-c1cccc(C(=O)Nc2c(Br)cc(C(F)(C(F)(F)F)C(F)(F)F)cc2Br)c1F. The highest BCUT2D eigenvalue weighted by Crippen LogP contribution is 2.54. The van der Waals surface area contributed by atoms with E-state index in [1.54, 1.807) is 6.07 Å². The fourth-order valence-electron chi connectivity index (χ4n) is 3.89. The van der Waals surface area contributed by atoms with Crippen LogP contribution in [0.4, 0.5) is 40.8 Å². The van der Waals surface area contributed by atoms with Gasteiger partial charge >= 0.3 is 18.0 Å². The second-order valence-corrected chi connectivity index (χ2v) is 12.5. The summed E-state index contributed by atoms with van der Waals surface area (Å²) in [6, 6.07) is 8.89. The second-order valence-electron chi connectivity index (χ2n) is 9.09. The van der Waals surface area contributed by atoms with Gasteiger partial charge in [-0.3, -0.25) is 9.59 Å². The van der Waals surface area contributed by atoms with Crippen molar-refractivity contribution in [2.24, 2.45) is 5.14 Å². The van der Waals surface area contributed by atoms with Gasteiger partial charge in [-0.05, 0) is 68.3 Å². The van der Waals surface area contributed by atoms with E-state index in [0.29, 0.717) is 0 Å². The number of sulfonamides is 1. The molecule has 0 heterocycles. The van der Waals surface area contributed by atoms with E-state index in [0.717, 1.165) is 18.2 Å². The Labute approximate surface area is 265 Å². The Bertz CT molecular complexity index is 1790. The van der Waals surface area contributed by atoms with Gasteiger partial charge in [0.05, 0.1) is 28.6 Å². The third-order valence-corrected chi connectivity index (χ3v) is 8.09. The van der Waals surface area contributed by atoms with Gasteiger partial charge in [0.2, 0.25) is 10.0 Å². The summed E-state index contributed by atoms with van der Waals surface area (Å²) in [5.74, 6) is -3.87. The summed E-state index contributed by atoms with van der Waals surface area (Å²) in [4.78, 5) is 25.5. The van der Waals surface area contributed by atoms with Crippen LogP contribution in [-0.4, -0.2) is 44.9 Å². The maximum atomic E-state index is 15.7. The fraction of sp³-hybridized carbons (Fsp3) is 0.192. The Hall–Kier alpha value is -3.60. The van der Waals surface area contributed by atoms with Crippen LogP contribution in [0.2, 0.25) is 0 Å². The molecule has 2 amide bonds. The van der Waals surface area contributed by atoms with Gasteiger partial charge < -0.3 is 10.6 Å². The molecule has 0 aliphatic rings. The average molecular weight is 792 g/mol. The molecule has 8 nitrogen and oxygen atoms in total. The molecule has 3 aromatic rings. The molecule has 240 valence electrons. The van der Waals surface area contributed by atoms with E-state index in [1.807, 2.05) is 0 Å². The Morgan fingerprint density at radius 2 is 1.47 bits per heavy atom. The fourth-order valence-corrected chi connectivity index (χ4v) is 5.66. The highest BCUT2D eigenvalue weighted by atomic mass is 79.9. The van der Waals surface area contributed by atoms with Crippen LogP contribution < -0.4 is 15.8 Å². The number of hydrogen-bond donors (Lipinski definition) is 3. The summed E-state index contributed by atoms with van der Waals surface area (Å²) >= 11 is 5.42. The average Bonchev–Trinajstić information content (AvgIpc) is 2.92. The number of carbonyl (C=O) groups is 2. The van der Waals surface area contributed by atoms with Crippen molar-refractivity contribution in [3.8, 4) is 17.2 Å². The zero-order valence-corrected chi connectivity index (χ0v) is 25.9. The summed E-state index contributed by atoms with van der Waals surface area (Å²) in [5, 5.41) is 18.8. The van der Waals surface area contributed by atoms with Crippen LogP contribution in [0, 0.1) is 17.1 Å². The van der Waals surface area contributed by atoms with Crippen LogP contribution >= 0.6 is 31.9 Å². The predicted molar refractivity (Wildman–Crippen MR) is 152 cm³/mol. The minimum Gasteiger partial charge on any atom is -0.351 e. The lowest BCUT2D eigenvalue weighted by atomic mass is 9.94. The molecule has 0 bridgehead atoms. The number of nitrogens with one attached hydrogen (secondary N) is 2. The number of rotatable bonds is 8. The lowest BCUT2D eigenvalue weighted by Gasteiger charge is -2.31. The predicted octanol–water partition coefficient (Wildman–Crippen LogP) is 6.45. The summed E-state index contributed by atoms with van der Waals surface area (Å²) in [6.07, 6.45) is -12.8. The highest BCUT2D eigenvalue weighted by Gasteiger charge is 2.73. The van der Waals surface area contributed by atoms with E-state index in [-0.39, 0.29) is 40.9 Å². The summed E-state index contributed by atoms with van der Waals surface area (Å²) in [5.41, 5.74) is -9.58. The largest absolute Gasteiger partial charge is 0.435 e. The van der Waals surface area contributed by atoms with E-state index in [4.69, 9.17) is 5.14 Å². The molecule has 4 N–H and O–H groups in total. The molecule has 0 saturated heterocycles. The van der Waals surface area contributed by atoms with Gasteiger partial charge in [-0.1, -0.05) is 12.1 Å². The van der Waals surface area contributed by atoms with Crippen LogP contribution in [0.1, 0.15) is 31.8 Å². The highest BCUT2D eigenvalue weighted by molar-refractivity contribution is 9.11. The first-order valence-corrected chi connectivity index (χ1v) is 15.2. The Balaban J connectivity index is 1.99. The molecule has 3 aromatic carbocycles. The first kappa shape index (κ1) is 35.9. The van der Waals surface area contributed by atoms with Gasteiger partial charge in [0.15, 0.2) is 0 Å². The third kappa shape index (κ3) is 7.62. The van der Waals surface area contributed by atoms with Crippen molar-refractivity contribution in [3.63, 3.8) is 0 Å². The Morgan fingerprint density at radius 1 is 0.889 bits per heavy atom. The van der Waals surface area contributed by atoms with Crippen molar-refractivity contribution in [1.29, 1.82) is 5.26 Å². The molecule has 0 fully saturated rings. The molecular formula is C26H16Br2F8N4O4S. The number of primary sulfonamides is 1. The monoisotopic (exact) mass is 790 g/mol. The van der Waals surface area contributed by atoms with Crippen molar-refractivity contribution in [1.82, 2.24) is 5.32 Å². The molecule has 0 unspecified atom stereocenters. The molecule has 19 heteroatoms. The van der Waals surface area contributed by atoms with Crippen molar-refractivity contribution < 1.29 is 53.1 Å². The number of nitrogens with two attached hydrogens (primary N) is 1. The number of carbonyl (C=O) groups excluding carboxylic acids is 2. The lowest BCUT2D eigenvalue weighted by molar-refractivity contribution is -0.348. The van der Waals surface area contributed by atoms with Crippen LogP contribution in [0.3, 0.4) is 0 Å². The Kier molecular flexibility index (Phi) is 10.4. The number of nitriles is 1. The molecule has 0 aromatic heterocycles. The van der Waals surface area contributed by atoms with Crippen LogP contribution in [0.5, 0.6) is 0 Å². The summed E-state index contributed by atoms with van der Waals surface area (Å²) in [6.45, 7) is -0.359. The number of alkyl halides is 7. The lowest BCUT2D eigenvalue weighted by Crippen LogP contribution is -2.50. The third-order valence-electron chi connectivity index (χ3n) is 6.07. The second kappa shape index (κ2) is 13.0. The molecule has 0 saturated carbocycles. The van der Waals surface area contributed by atoms with Crippen molar-refractivity contribution >= 4 is 59.4 Å². The van der Waals surface area contributed by atoms with Crippen LogP contribution in [-0.2, 0) is 15.7 Å².